The summed E-state index contributed by atoms with van der Waals surface area (Å²) in [6, 6.07) is 13.2. The second-order valence-corrected chi connectivity index (χ2v) is 9.74. The van der Waals surface area contributed by atoms with Crippen LogP contribution in [-0.2, 0) is 30.9 Å². The van der Waals surface area contributed by atoms with Gasteiger partial charge < -0.3 is 19.2 Å². The highest BCUT2D eigenvalue weighted by atomic mass is 32.2. The van der Waals surface area contributed by atoms with Crippen molar-refractivity contribution in [2.75, 3.05) is 31.6 Å². The quantitative estimate of drug-likeness (QED) is 0.460. The summed E-state index contributed by atoms with van der Waals surface area (Å²) in [6.07, 6.45) is 1.66. The predicted octanol–water partition coefficient (Wildman–Crippen LogP) is 3.55. The number of esters is 1. The van der Waals surface area contributed by atoms with E-state index in [1.54, 1.807) is 24.3 Å². The Morgan fingerprint density at radius 2 is 1.85 bits per heavy atom. The van der Waals surface area contributed by atoms with Crippen LogP contribution in [0.3, 0.4) is 0 Å². The lowest BCUT2D eigenvalue weighted by atomic mass is 10.1. The molecule has 2 aromatic carbocycles. The van der Waals surface area contributed by atoms with Gasteiger partial charge in [0.05, 0.1) is 11.5 Å². The minimum atomic E-state index is -3.61. The van der Waals surface area contributed by atoms with Gasteiger partial charge in [-0.25, -0.2) is 13.2 Å². The molecular formula is C24H26N2O7S. The molecule has 9 nitrogen and oxygen atoms in total. The standard InChI is InChI=1S/C24H26N2O7S/c1-2-31-15-20-19-10-3-4-11-21(19)33-23(20)24(28)32-16-22(27)25-17-8-7-9-18(14-17)34(29,30)26-12-5-6-13-26/h3-4,7-11,14H,2,5-6,12-13,15-16H2,1H3,(H,25,27). The van der Waals surface area contributed by atoms with Crippen LogP contribution in [0.25, 0.3) is 11.0 Å². The zero-order chi connectivity index (χ0) is 24.1. The van der Waals surface area contributed by atoms with Crippen LogP contribution < -0.4 is 5.32 Å². The Morgan fingerprint density at radius 1 is 1.09 bits per heavy atom. The van der Waals surface area contributed by atoms with E-state index >= 15 is 0 Å². The third-order valence-electron chi connectivity index (χ3n) is 5.49. The minimum Gasteiger partial charge on any atom is -0.450 e. The van der Waals surface area contributed by atoms with Crippen molar-refractivity contribution in [3.63, 3.8) is 0 Å². The first kappa shape index (κ1) is 23.9. The van der Waals surface area contributed by atoms with Gasteiger partial charge in [-0.3, -0.25) is 4.79 Å². The van der Waals surface area contributed by atoms with Gasteiger partial charge in [-0.15, -0.1) is 0 Å². The molecule has 180 valence electrons. The van der Waals surface area contributed by atoms with Crippen molar-refractivity contribution in [3.05, 3.63) is 59.9 Å². The number of nitrogens with zero attached hydrogens (tertiary/aromatic N) is 1. The largest absolute Gasteiger partial charge is 0.450 e. The lowest BCUT2D eigenvalue weighted by Gasteiger charge is -2.16. The Morgan fingerprint density at radius 3 is 2.62 bits per heavy atom. The highest BCUT2D eigenvalue weighted by Gasteiger charge is 2.27. The fourth-order valence-corrected chi connectivity index (χ4v) is 5.38. The second kappa shape index (κ2) is 10.4. The Labute approximate surface area is 197 Å². The van der Waals surface area contributed by atoms with Crippen molar-refractivity contribution < 1.29 is 31.9 Å². The van der Waals surface area contributed by atoms with Crippen LogP contribution in [0.2, 0.25) is 0 Å². The normalized spacial score (nSPS) is 14.4. The number of amides is 1. The number of furan rings is 1. The lowest BCUT2D eigenvalue weighted by molar-refractivity contribution is -0.119. The molecule has 1 saturated heterocycles. The van der Waals surface area contributed by atoms with Gasteiger partial charge in [0.2, 0.25) is 15.8 Å². The van der Waals surface area contributed by atoms with E-state index in [0.717, 1.165) is 18.2 Å². The van der Waals surface area contributed by atoms with E-state index in [1.807, 2.05) is 19.1 Å². The van der Waals surface area contributed by atoms with E-state index in [4.69, 9.17) is 13.9 Å². The number of benzene rings is 2. The molecule has 2 heterocycles. The van der Waals surface area contributed by atoms with E-state index in [1.165, 1.54) is 16.4 Å². The third kappa shape index (κ3) is 5.14. The van der Waals surface area contributed by atoms with Crippen LogP contribution in [0.15, 0.2) is 57.8 Å². The maximum atomic E-state index is 12.7. The maximum Gasteiger partial charge on any atom is 0.375 e. The van der Waals surface area contributed by atoms with Crippen molar-refractivity contribution in [2.24, 2.45) is 0 Å². The van der Waals surface area contributed by atoms with Gasteiger partial charge in [-0.1, -0.05) is 24.3 Å². The van der Waals surface area contributed by atoms with Crippen LogP contribution in [0.1, 0.15) is 35.9 Å². The molecule has 1 N–H and O–H groups in total. The number of carbonyl (C=O) groups is 2. The molecule has 1 amide bonds. The zero-order valence-electron chi connectivity index (χ0n) is 18.8. The van der Waals surface area contributed by atoms with E-state index in [-0.39, 0.29) is 17.3 Å². The maximum absolute atomic E-state index is 12.7. The van der Waals surface area contributed by atoms with Gasteiger partial charge in [0.1, 0.15) is 5.58 Å². The smallest absolute Gasteiger partial charge is 0.375 e. The lowest BCUT2D eigenvalue weighted by Crippen LogP contribution is -2.28. The van der Waals surface area contributed by atoms with Crippen molar-refractivity contribution in [1.82, 2.24) is 4.31 Å². The summed E-state index contributed by atoms with van der Waals surface area (Å²) in [6.45, 7) is 2.89. The molecule has 0 unspecified atom stereocenters. The van der Waals surface area contributed by atoms with Crippen LogP contribution in [-0.4, -0.2) is 50.9 Å². The van der Waals surface area contributed by atoms with Crippen molar-refractivity contribution >= 4 is 38.6 Å². The Balaban J connectivity index is 1.41. The number of fused-ring (bicyclic) bond motifs is 1. The molecule has 3 aromatic rings. The number of para-hydroxylation sites is 1. The molecule has 1 aliphatic heterocycles. The molecule has 0 aliphatic carbocycles. The molecule has 0 atom stereocenters. The molecule has 10 heteroatoms. The first-order valence-electron chi connectivity index (χ1n) is 11.1. The zero-order valence-corrected chi connectivity index (χ0v) is 19.6. The predicted molar refractivity (Wildman–Crippen MR) is 125 cm³/mol. The summed E-state index contributed by atoms with van der Waals surface area (Å²) in [4.78, 5) is 25.1. The number of rotatable bonds is 9. The molecule has 0 saturated carbocycles. The van der Waals surface area contributed by atoms with Crippen LogP contribution in [0.4, 0.5) is 5.69 Å². The molecule has 4 rings (SSSR count). The van der Waals surface area contributed by atoms with Crippen molar-refractivity contribution in [2.45, 2.75) is 31.3 Å². The van der Waals surface area contributed by atoms with Crippen LogP contribution in [0.5, 0.6) is 0 Å². The Hall–Kier alpha value is -3.21. The highest BCUT2D eigenvalue weighted by molar-refractivity contribution is 7.89. The first-order valence-corrected chi connectivity index (χ1v) is 12.5. The Bertz CT molecular complexity index is 1290. The fourth-order valence-electron chi connectivity index (χ4n) is 3.82. The van der Waals surface area contributed by atoms with Gasteiger partial charge in [-0.05, 0) is 44.0 Å². The second-order valence-electron chi connectivity index (χ2n) is 7.81. The average molecular weight is 487 g/mol. The summed E-state index contributed by atoms with van der Waals surface area (Å²) in [5.74, 6) is -1.40. The van der Waals surface area contributed by atoms with Crippen LogP contribution >= 0.6 is 0 Å². The summed E-state index contributed by atoms with van der Waals surface area (Å²) in [7, 11) is -3.61. The number of ether oxygens (including phenoxy) is 2. The average Bonchev–Trinajstić information content (AvgIpc) is 3.50. The number of hydrogen-bond acceptors (Lipinski definition) is 7. The monoisotopic (exact) mass is 486 g/mol. The van der Waals surface area contributed by atoms with Crippen molar-refractivity contribution in [3.8, 4) is 0 Å². The minimum absolute atomic E-state index is 0.0128. The fraction of sp³-hybridized carbons (Fsp3) is 0.333. The molecule has 1 fully saturated rings. The van der Waals surface area contributed by atoms with Gasteiger partial charge in [-0.2, -0.15) is 4.31 Å². The van der Waals surface area contributed by atoms with E-state index in [2.05, 4.69) is 5.32 Å². The molecular weight excluding hydrogens is 460 g/mol. The molecule has 0 bridgehead atoms. The summed E-state index contributed by atoms with van der Waals surface area (Å²) in [5.41, 5.74) is 1.37. The number of carbonyl (C=O) groups excluding carboxylic acids is 2. The molecule has 0 radical (unpaired) electrons. The number of sulfonamides is 1. The van der Waals surface area contributed by atoms with Gasteiger partial charge in [0, 0.05) is 36.3 Å². The number of anilines is 1. The van der Waals surface area contributed by atoms with Gasteiger partial charge in [0.25, 0.3) is 5.91 Å². The van der Waals surface area contributed by atoms with E-state index in [0.29, 0.717) is 36.5 Å². The molecule has 1 aromatic heterocycles. The molecule has 0 spiro atoms. The molecule has 1 aliphatic rings. The summed E-state index contributed by atoms with van der Waals surface area (Å²) < 4.78 is 43.2. The number of hydrogen-bond donors (Lipinski definition) is 1. The molecule has 34 heavy (non-hydrogen) atoms. The summed E-state index contributed by atoms with van der Waals surface area (Å²) >= 11 is 0. The highest BCUT2D eigenvalue weighted by Crippen LogP contribution is 2.27. The van der Waals surface area contributed by atoms with Crippen molar-refractivity contribution in [1.29, 1.82) is 0 Å². The van der Waals surface area contributed by atoms with E-state index in [9.17, 15) is 18.0 Å². The SMILES string of the molecule is CCOCc1c(C(=O)OCC(=O)Nc2cccc(S(=O)(=O)N3CCCC3)c2)oc2ccccc12. The Kier molecular flexibility index (Phi) is 7.30. The number of nitrogens with one attached hydrogen (secondary N) is 1. The van der Waals surface area contributed by atoms with Gasteiger partial charge in [0.15, 0.2) is 6.61 Å². The summed E-state index contributed by atoms with van der Waals surface area (Å²) in [5, 5.41) is 3.31. The topological polar surface area (TPSA) is 115 Å². The van der Waals surface area contributed by atoms with Crippen LogP contribution in [0, 0.1) is 0 Å². The third-order valence-corrected chi connectivity index (χ3v) is 7.38. The van der Waals surface area contributed by atoms with Gasteiger partial charge >= 0.3 is 5.97 Å². The van der Waals surface area contributed by atoms with E-state index < -0.39 is 28.5 Å². The first-order chi connectivity index (χ1) is 16.4.